The van der Waals surface area contributed by atoms with Crippen molar-refractivity contribution >= 4 is 28.4 Å². The van der Waals surface area contributed by atoms with E-state index in [4.69, 9.17) is 4.42 Å². The molecule has 0 aliphatic carbocycles. The molecule has 5 nitrogen and oxygen atoms in total. The molecule has 0 radical (unpaired) electrons. The first-order chi connectivity index (χ1) is 13.7. The van der Waals surface area contributed by atoms with E-state index in [1.54, 1.807) is 12.3 Å². The third-order valence-corrected chi connectivity index (χ3v) is 5.47. The monoisotopic (exact) mass is 389 g/mol. The molecule has 1 N–H and O–H groups in total. The van der Waals surface area contributed by atoms with Crippen LogP contribution < -0.4 is 5.32 Å². The maximum absolute atomic E-state index is 12.4. The highest BCUT2D eigenvalue weighted by molar-refractivity contribution is 8.00. The Morgan fingerprint density at radius 2 is 1.75 bits per heavy atom. The van der Waals surface area contributed by atoms with Crippen molar-refractivity contribution in [3.8, 4) is 11.3 Å². The normalized spacial score (nSPS) is 12.0. The maximum Gasteiger partial charge on any atom is 0.233 e. The maximum atomic E-state index is 12.4. The lowest BCUT2D eigenvalue weighted by Gasteiger charge is -2.13. The summed E-state index contributed by atoms with van der Waals surface area (Å²) in [5.74, 6) is 0.655. The van der Waals surface area contributed by atoms with Crippen LogP contribution in [0.4, 0.5) is 0 Å². The quantitative estimate of drug-likeness (QED) is 0.485. The van der Waals surface area contributed by atoms with Crippen LogP contribution in [0.3, 0.4) is 0 Å². The van der Waals surface area contributed by atoms with Crippen LogP contribution in [0.5, 0.6) is 0 Å². The number of nitrogens with one attached hydrogen (secondary N) is 1. The molecule has 4 rings (SSSR count). The largest absolute Gasteiger partial charge is 0.467 e. The van der Waals surface area contributed by atoms with Crippen LogP contribution in [0.2, 0.25) is 0 Å². The number of rotatable bonds is 6. The SMILES string of the molecule is C[C@H](Sc1nnc(-c2ccccc2)c2ccccc12)C(=O)NCc1ccco1. The molecule has 0 aliphatic heterocycles. The van der Waals surface area contributed by atoms with E-state index in [2.05, 4.69) is 15.5 Å². The molecule has 1 atom stereocenters. The second-order valence-corrected chi connectivity index (χ2v) is 7.65. The number of furan rings is 1. The molecule has 0 bridgehead atoms. The molecule has 0 aliphatic rings. The van der Waals surface area contributed by atoms with Crippen molar-refractivity contribution in [2.24, 2.45) is 0 Å². The molecule has 140 valence electrons. The fourth-order valence-electron chi connectivity index (χ4n) is 2.93. The predicted octanol–water partition coefficient (Wildman–Crippen LogP) is 4.69. The summed E-state index contributed by atoms with van der Waals surface area (Å²) < 4.78 is 5.25. The van der Waals surface area contributed by atoms with E-state index in [1.807, 2.05) is 67.6 Å². The molecule has 0 saturated heterocycles. The van der Waals surface area contributed by atoms with Gasteiger partial charge in [-0.2, -0.15) is 0 Å². The molecule has 0 unspecified atom stereocenters. The number of fused-ring (bicyclic) bond motifs is 1. The molecular weight excluding hydrogens is 370 g/mol. The van der Waals surface area contributed by atoms with Gasteiger partial charge in [0.2, 0.25) is 5.91 Å². The van der Waals surface area contributed by atoms with Gasteiger partial charge in [-0.1, -0.05) is 66.4 Å². The van der Waals surface area contributed by atoms with Gasteiger partial charge in [0, 0.05) is 16.3 Å². The molecule has 6 heteroatoms. The van der Waals surface area contributed by atoms with Crippen LogP contribution in [0, 0.1) is 0 Å². The molecule has 0 saturated carbocycles. The number of hydrogen-bond donors (Lipinski definition) is 1. The number of hydrogen-bond acceptors (Lipinski definition) is 5. The van der Waals surface area contributed by atoms with Crippen molar-refractivity contribution < 1.29 is 9.21 Å². The summed E-state index contributed by atoms with van der Waals surface area (Å²) in [6, 6.07) is 21.7. The lowest BCUT2D eigenvalue weighted by Crippen LogP contribution is -2.30. The predicted molar refractivity (Wildman–Crippen MR) is 111 cm³/mol. The van der Waals surface area contributed by atoms with Crippen molar-refractivity contribution in [1.82, 2.24) is 15.5 Å². The number of thioether (sulfide) groups is 1. The molecule has 2 aromatic carbocycles. The Morgan fingerprint density at radius 3 is 2.50 bits per heavy atom. The number of nitrogens with zero attached hydrogens (tertiary/aromatic N) is 2. The van der Waals surface area contributed by atoms with Crippen LogP contribution in [0.15, 0.2) is 82.4 Å². The fourth-order valence-corrected chi connectivity index (χ4v) is 3.85. The first-order valence-corrected chi connectivity index (χ1v) is 9.88. The zero-order valence-corrected chi connectivity index (χ0v) is 16.1. The Bertz CT molecular complexity index is 1080. The number of amides is 1. The molecule has 28 heavy (non-hydrogen) atoms. The topological polar surface area (TPSA) is 68.0 Å². The third-order valence-electron chi connectivity index (χ3n) is 4.38. The summed E-state index contributed by atoms with van der Waals surface area (Å²) in [5, 5.41) is 14.2. The van der Waals surface area contributed by atoms with Crippen LogP contribution >= 0.6 is 11.8 Å². The van der Waals surface area contributed by atoms with Gasteiger partial charge < -0.3 is 9.73 Å². The molecular formula is C22H19N3O2S. The summed E-state index contributed by atoms with van der Waals surface area (Å²) >= 11 is 1.41. The molecule has 1 amide bonds. The van der Waals surface area contributed by atoms with E-state index in [9.17, 15) is 4.79 Å². The van der Waals surface area contributed by atoms with Gasteiger partial charge in [0.1, 0.15) is 16.5 Å². The Balaban J connectivity index is 1.56. The van der Waals surface area contributed by atoms with Crippen molar-refractivity contribution in [3.63, 3.8) is 0 Å². The summed E-state index contributed by atoms with van der Waals surface area (Å²) in [5.41, 5.74) is 1.86. The average molecular weight is 389 g/mol. The van der Waals surface area contributed by atoms with Crippen molar-refractivity contribution in [2.45, 2.75) is 23.7 Å². The van der Waals surface area contributed by atoms with E-state index in [0.717, 1.165) is 32.8 Å². The zero-order valence-electron chi connectivity index (χ0n) is 15.3. The van der Waals surface area contributed by atoms with Gasteiger partial charge in [-0.05, 0) is 19.1 Å². The Labute approximate surface area is 167 Å². The minimum absolute atomic E-state index is 0.0700. The number of carbonyl (C=O) groups excluding carboxylic acids is 1. The van der Waals surface area contributed by atoms with Crippen molar-refractivity contribution in [1.29, 1.82) is 0 Å². The minimum Gasteiger partial charge on any atom is -0.467 e. The zero-order chi connectivity index (χ0) is 19.3. The molecule has 4 aromatic rings. The standard InChI is InChI=1S/C22H19N3O2S/c1-15(21(26)23-14-17-10-7-13-27-17)28-22-19-12-6-5-11-18(19)20(24-25-22)16-8-3-2-4-9-16/h2-13,15H,14H2,1H3,(H,23,26)/t15-/m0/s1. The summed E-state index contributed by atoms with van der Waals surface area (Å²) in [7, 11) is 0. The Kier molecular flexibility index (Phi) is 5.39. The van der Waals surface area contributed by atoms with E-state index in [1.165, 1.54) is 11.8 Å². The number of aromatic nitrogens is 2. The second kappa shape index (κ2) is 8.27. The molecule has 0 fully saturated rings. The highest BCUT2D eigenvalue weighted by atomic mass is 32.2. The van der Waals surface area contributed by atoms with E-state index < -0.39 is 0 Å². The Hall–Kier alpha value is -3.12. The van der Waals surface area contributed by atoms with Crippen LogP contribution in [0.25, 0.3) is 22.0 Å². The fraction of sp³-hybridized carbons (Fsp3) is 0.136. The number of benzene rings is 2. The summed E-state index contributed by atoms with van der Waals surface area (Å²) in [4.78, 5) is 12.4. The van der Waals surface area contributed by atoms with Gasteiger partial charge in [0.05, 0.1) is 18.1 Å². The van der Waals surface area contributed by atoms with E-state index >= 15 is 0 Å². The average Bonchev–Trinajstić information content (AvgIpc) is 3.26. The van der Waals surface area contributed by atoms with Crippen LogP contribution in [-0.2, 0) is 11.3 Å². The van der Waals surface area contributed by atoms with Gasteiger partial charge in [-0.25, -0.2) is 0 Å². The Morgan fingerprint density at radius 1 is 1.00 bits per heavy atom. The molecule has 2 aromatic heterocycles. The van der Waals surface area contributed by atoms with Gasteiger partial charge in [0.15, 0.2) is 0 Å². The van der Waals surface area contributed by atoms with Crippen LogP contribution in [-0.4, -0.2) is 21.4 Å². The molecule has 2 heterocycles. The van der Waals surface area contributed by atoms with Gasteiger partial charge in [-0.15, -0.1) is 10.2 Å². The lowest BCUT2D eigenvalue weighted by atomic mass is 10.1. The minimum atomic E-state index is -0.310. The third kappa shape index (κ3) is 3.92. The summed E-state index contributed by atoms with van der Waals surface area (Å²) in [6.45, 7) is 2.24. The second-order valence-electron chi connectivity index (χ2n) is 6.32. The van der Waals surface area contributed by atoms with Gasteiger partial charge >= 0.3 is 0 Å². The van der Waals surface area contributed by atoms with Crippen molar-refractivity contribution in [3.05, 3.63) is 78.8 Å². The van der Waals surface area contributed by atoms with Crippen molar-refractivity contribution in [2.75, 3.05) is 0 Å². The van der Waals surface area contributed by atoms with Crippen LogP contribution in [0.1, 0.15) is 12.7 Å². The summed E-state index contributed by atoms with van der Waals surface area (Å²) in [6.07, 6.45) is 1.59. The smallest absolute Gasteiger partial charge is 0.233 e. The van der Waals surface area contributed by atoms with Gasteiger partial charge in [0.25, 0.3) is 0 Å². The highest BCUT2D eigenvalue weighted by Gasteiger charge is 2.18. The van der Waals surface area contributed by atoms with E-state index in [0.29, 0.717) is 6.54 Å². The first-order valence-electron chi connectivity index (χ1n) is 9.00. The van der Waals surface area contributed by atoms with Gasteiger partial charge in [-0.3, -0.25) is 4.79 Å². The highest BCUT2D eigenvalue weighted by Crippen LogP contribution is 2.33. The first kappa shape index (κ1) is 18.3. The molecule has 0 spiro atoms. The van der Waals surface area contributed by atoms with E-state index in [-0.39, 0.29) is 11.2 Å². The lowest BCUT2D eigenvalue weighted by molar-refractivity contribution is -0.120. The number of carbonyl (C=O) groups is 1.